The molecule has 0 saturated carbocycles. The molecule has 1 rings (SSSR count). The number of benzene rings is 1. The normalized spacial score (nSPS) is 12.2. The Morgan fingerprint density at radius 3 is 2.80 bits per heavy atom. The summed E-state index contributed by atoms with van der Waals surface area (Å²) in [5.74, 6) is 0.202. The average molecular weight is 287 g/mol. The number of hydrogen-bond donors (Lipinski definition) is 2. The van der Waals surface area contributed by atoms with Crippen molar-refractivity contribution in [2.24, 2.45) is 11.7 Å². The second kappa shape index (κ2) is 5.47. The molecule has 1 aromatic carbocycles. The van der Waals surface area contributed by atoms with Gasteiger partial charge in [0.05, 0.1) is 4.99 Å². The SMILES string of the molecule is Cc1ccc(NCC(C)C(N)=S)c(Br)c1. The first-order valence-corrected chi connectivity index (χ1v) is 6.00. The first-order valence-electron chi connectivity index (χ1n) is 4.80. The summed E-state index contributed by atoms with van der Waals surface area (Å²) in [6.45, 7) is 4.83. The Morgan fingerprint density at radius 1 is 1.60 bits per heavy atom. The fraction of sp³-hybridized carbons (Fsp3) is 0.364. The lowest BCUT2D eigenvalue weighted by atomic mass is 10.1. The number of nitrogens with two attached hydrogens (primary N) is 1. The zero-order valence-corrected chi connectivity index (χ0v) is 11.3. The highest BCUT2D eigenvalue weighted by Gasteiger charge is 2.05. The van der Waals surface area contributed by atoms with Crippen LogP contribution in [0.5, 0.6) is 0 Å². The number of nitrogens with one attached hydrogen (secondary N) is 1. The second-order valence-electron chi connectivity index (χ2n) is 3.67. The Balaban J connectivity index is 2.62. The number of hydrogen-bond acceptors (Lipinski definition) is 2. The van der Waals surface area contributed by atoms with E-state index in [0.29, 0.717) is 4.99 Å². The summed E-state index contributed by atoms with van der Waals surface area (Å²) in [7, 11) is 0. The van der Waals surface area contributed by atoms with Gasteiger partial charge in [0.1, 0.15) is 0 Å². The molecular weight excluding hydrogens is 272 g/mol. The van der Waals surface area contributed by atoms with Crippen molar-refractivity contribution >= 4 is 38.8 Å². The molecule has 1 unspecified atom stereocenters. The fourth-order valence-electron chi connectivity index (χ4n) is 1.13. The third kappa shape index (κ3) is 3.80. The van der Waals surface area contributed by atoms with Crippen molar-refractivity contribution in [2.45, 2.75) is 13.8 Å². The number of rotatable bonds is 4. The summed E-state index contributed by atoms with van der Waals surface area (Å²) in [6, 6.07) is 6.19. The van der Waals surface area contributed by atoms with Crippen LogP contribution in [0.15, 0.2) is 22.7 Å². The maximum absolute atomic E-state index is 5.54. The Morgan fingerprint density at radius 2 is 2.27 bits per heavy atom. The van der Waals surface area contributed by atoms with E-state index in [-0.39, 0.29) is 5.92 Å². The summed E-state index contributed by atoms with van der Waals surface area (Å²) >= 11 is 8.42. The van der Waals surface area contributed by atoms with Crippen LogP contribution in [0.3, 0.4) is 0 Å². The van der Waals surface area contributed by atoms with Crippen molar-refractivity contribution in [3.8, 4) is 0 Å². The van der Waals surface area contributed by atoms with E-state index in [1.165, 1.54) is 5.56 Å². The predicted molar refractivity (Wildman–Crippen MR) is 73.3 cm³/mol. The standard InChI is InChI=1S/C11H15BrN2S/c1-7-3-4-10(9(12)5-7)14-6-8(2)11(13)15/h3-5,8,14H,6H2,1-2H3,(H2,13,15). The van der Waals surface area contributed by atoms with Crippen LogP contribution >= 0.6 is 28.1 Å². The first kappa shape index (κ1) is 12.5. The Kier molecular flexibility index (Phi) is 4.54. The highest BCUT2D eigenvalue weighted by atomic mass is 79.9. The molecule has 4 heteroatoms. The lowest BCUT2D eigenvalue weighted by molar-refractivity contribution is 0.821. The predicted octanol–water partition coefficient (Wildman–Crippen LogP) is 3.09. The molecule has 0 aliphatic heterocycles. The van der Waals surface area contributed by atoms with Crippen LogP contribution in [0.1, 0.15) is 12.5 Å². The molecule has 0 aliphatic carbocycles. The molecule has 0 amide bonds. The van der Waals surface area contributed by atoms with Crippen molar-refractivity contribution in [1.82, 2.24) is 0 Å². The lowest BCUT2D eigenvalue weighted by Gasteiger charge is -2.13. The van der Waals surface area contributed by atoms with Gasteiger partial charge >= 0.3 is 0 Å². The zero-order chi connectivity index (χ0) is 11.4. The molecule has 82 valence electrons. The van der Waals surface area contributed by atoms with Crippen LogP contribution in [0.4, 0.5) is 5.69 Å². The van der Waals surface area contributed by atoms with Gasteiger partial charge in [0, 0.05) is 22.6 Å². The molecule has 0 radical (unpaired) electrons. The summed E-state index contributed by atoms with van der Waals surface area (Å²) in [5, 5.41) is 3.31. The van der Waals surface area contributed by atoms with E-state index in [1.807, 2.05) is 13.0 Å². The molecule has 0 aliphatic rings. The summed E-state index contributed by atoms with van der Waals surface area (Å²) in [4.78, 5) is 0.547. The van der Waals surface area contributed by atoms with E-state index in [9.17, 15) is 0 Å². The van der Waals surface area contributed by atoms with Crippen LogP contribution in [0.2, 0.25) is 0 Å². The highest BCUT2D eigenvalue weighted by Crippen LogP contribution is 2.23. The molecular formula is C11H15BrN2S. The van der Waals surface area contributed by atoms with Gasteiger partial charge in [-0.2, -0.15) is 0 Å². The van der Waals surface area contributed by atoms with E-state index in [4.69, 9.17) is 18.0 Å². The van der Waals surface area contributed by atoms with Gasteiger partial charge in [-0.3, -0.25) is 0 Å². The van der Waals surface area contributed by atoms with Crippen molar-refractivity contribution in [3.05, 3.63) is 28.2 Å². The van der Waals surface area contributed by atoms with Crippen molar-refractivity contribution in [1.29, 1.82) is 0 Å². The Hall–Kier alpha value is -0.610. The molecule has 0 aromatic heterocycles. The summed E-state index contributed by atoms with van der Waals surface area (Å²) < 4.78 is 1.07. The smallest absolute Gasteiger partial charge is 0.0773 e. The molecule has 15 heavy (non-hydrogen) atoms. The largest absolute Gasteiger partial charge is 0.393 e. The summed E-state index contributed by atoms with van der Waals surface area (Å²) in [6.07, 6.45) is 0. The fourth-order valence-corrected chi connectivity index (χ4v) is 1.84. The van der Waals surface area contributed by atoms with E-state index in [1.54, 1.807) is 0 Å². The van der Waals surface area contributed by atoms with Gasteiger partial charge in [0.15, 0.2) is 0 Å². The monoisotopic (exact) mass is 286 g/mol. The van der Waals surface area contributed by atoms with Gasteiger partial charge in [0.25, 0.3) is 0 Å². The van der Waals surface area contributed by atoms with Crippen LogP contribution < -0.4 is 11.1 Å². The molecule has 2 nitrogen and oxygen atoms in total. The minimum Gasteiger partial charge on any atom is -0.393 e. The molecule has 0 heterocycles. The molecule has 1 atom stereocenters. The average Bonchev–Trinajstić information content (AvgIpc) is 2.15. The van der Waals surface area contributed by atoms with E-state index in [0.717, 1.165) is 16.7 Å². The van der Waals surface area contributed by atoms with Crippen LogP contribution in [0, 0.1) is 12.8 Å². The number of anilines is 1. The van der Waals surface area contributed by atoms with Gasteiger partial charge in [-0.15, -0.1) is 0 Å². The van der Waals surface area contributed by atoms with Gasteiger partial charge < -0.3 is 11.1 Å². The molecule has 0 saturated heterocycles. The van der Waals surface area contributed by atoms with Crippen molar-refractivity contribution < 1.29 is 0 Å². The Bertz CT molecular complexity index is 366. The molecule has 1 aromatic rings. The van der Waals surface area contributed by atoms with Gasteiger partial charge in [0.2, 0.25) is 0 Å². The van der Waals surface area contributed by atoms with Gasteiger partial charge in [-0.05, 0) is 40.5 Å². The minimum absolute atomic E-state index is 0.202. The quantitative estimate of drug-likeness (QED) is 0.836. The molecule has 0 fully saturated rings. The zero-order valence-electron chi connectivity index (χ0n) is 8.88. The maximum Gasteiger partial charge on any atom is 0.0773 e. The molecule has 3 N–H and O–H groups in total. The van der Waals surface area contributed by atoms with Crippen LogP contribution in [-0.4, -0.2) is 11.5 Å². The van der Waals surface area contributed by atoms with Crippen molar-refractivity contribution in [3.63, 3.8) is 0 Å². The first-order chi connectivity index (χ1) is 7.00. The molecule has 0 bridgehead atoms. The second-order valence-corrected chi connectivity index (χ2v) is 4.99. The van der Waals surface area contributed by atoms with Crippen LogP contribution in [-0.2, 0) is 0 Å². The van der Waals surface area contributed by atoms with E-state index in [2.05, 4.69) is 40.3 Å². The lowest BCUT2D eigenvalue weighted by Crippen LogP contribution is -2.25. The van der Waals surface area contributed by atoms with Crippen LogP contribution in [0.25, 0.3) is 0 Å². The third-order valence-electron chi connectivity index (χ3n) is 2.21. The van der Waals surface area contributed by atoms with E-state index < -0.39 is 0 Å². The third-order valence-corrected chi connectivity index (χ3v) is 3.27. The molecule has 0 spiro atoms. The topological polar surface area (TPSA) is 38.0 Å². The number of aryl methyl sites for hydroxylation is 1. The number of halogens is 1. The maximum atomic E-state index is 5.54. The van der Waals surface area contributed by atoms with Gasteiger partial charge in [-0.25, -0.2) is 0 Å². The van der Waals surface area contributed by atoms with Gasteiger partial charge in [-0.1, -0.05) is 25.2 Å². The minimum atomic E-state index is 0.202. The van der Waals surface area contributed by atoms with Crippen molar-refractivity contribution in [2.75, 3.05) is 11.9 Å². The highest BCUT2D eigenvalue weighted by molar-refractivity contribution is 9.10. The Labute approximate surface area is 104 Å². The van der Waals surface area contributed by atoms with E-state index >= 15 is 0 Å². The number of thiocarbonyl (C=S) groups is 1. The summed E-state index contributed by atoms with van der Waals surface area (Å²) in [5.41, 5.74) is 7.85.